The number of hydrogen-bond donors (Lipinski definition) is 0. The van der Waals surface area contributed by atoms with Gasteiger partial charge in [0.15, 0.2) is 4.96 Å². The second kappa shape index (κ2) is 6.12. The average molecular weight is 360 g/mol. The molecule has 0 saturated carbocycles. The second-order valence-electron chi connectivity index (χ2n) is 7.34. The largest absolute Gasteiger partial charge is 0.342 e. The van der Waals surface area contributed by atoms with Gasteiger partial charge in [0, 0.05) is 49.6 Å². The summed E-state index contributed by atoms with van der Waals surface area (Å²) in [7, 11) is 0. The van der Waals surface area contributed by atoms with Crippen LogP contribution in [0.5, 0.6) is 0 Å². The Balaban J connectivity index is 1.59. The van der Waals surface area contributed by atoms with Gasteiger partial charge in [0.2, 0.25) is 5.91 Å². The van der Waals surface area contributed by atoms with Gasteiger partial charge in [0.1, 0.15) is 5.69 Å². The highest BCUT2D eigenvalue weighted by atomic mass is 32.1. The highest BCUT2D eigenvalue weighted by Gasteiger charge is 2.42. The van der Waals surface area contributed by atoms with Gasteiger partial charge in [0.05, 0.1) is 5.69 Å². The zero-order valence-electron chi connectivity index (χ0n) is 14.8. The summed E-state index contributed by atoms with van der Waals surface area (Å²) in [6.45, 7) is 7.01. The molecule has 2 aromatic rings. The van der Waals surface area contributed by atoms with Gasteiger partial charge >= 0.3 is 0 Å². The Labute approximate surface area is 151 Å². The standard InChI is InChI=1S/C18H24N4O2S/c1-3-20-11-18(7-5-14(20)23)6-4-8-21(12-18)16(24)15-13(2)19-17-22(15)9-10-25-17/h9-10H,3-8,11-12H2,1-2H3/t18-/m0/s1. The Kier molecular flexibility index (Phi) is 4.06. The van der Waals surface area contributed by atoms with E-state index in [4.69, 9.17) is 0 Å². The highest BCUT2D eigenvalue weighted by molar-refractivity contribution is 7.15. The zero-order chi connectivity index (χ0) is 17.6. The van der Waals surface area contributed by atoms with E-state index in [1.165, 1.54) is 0 Å². The summed E-state index contributed by atoms with van der Waals surface area (Å²) in [5.41, 5.74) is 1.54. The molecule has 2 fully saturated rings. The number of hydrogen-bond acceptors (Lipinski definition) is 4. The summed E-state index contributed by atoms with van der Waals surface area (Å²) in [6.07, 6.45) is 5.52. The quantitative estimate of drug-likeness (QED) is 0.827. The number of aromatic nitrogens is 2. The Morgan fingerprint density at radius 2 is 2.20 bits per heavy atom. The Morgan fingerprint density at radius 3 is 3.00 bits per heavy atom. The normalized spacial score (nSPS) is 24.5. The van der Waals surface area contributed by atoms with Crippen molar-refractivity contribution in [3.05, 3.63) is 23.0 Å². The minimum Gasteiger partial charge on any atom is -0.342 e. The lowest BCUT2D eigenvalue weighted by Gasteiger charge is -2.48. The lowest BCUT2D eigenvalue weighted by atomic mass is 9.73. The maximum atomic E-state index is 13.2. The molecule has 0 N–H and O–H groups in total. The lowest BCUT2D eigenvalue weighted by Crippen LogP contribution is -2.55. The van der Waals surface area contributed by atoms with Crippen molar-refractivity contribution in [3.8, 4) is 0 Å². The van der Waals surface area contributed by atoms with Crippen molar-refractivity contribution < 1.29 is 9.59 Å². The third-order valence-corrected chi connectivity index (χ3v) is 6.47. The van der Waals surface area contributed by atoms with Crippen molar-refractivity contribution >= 4 is 28.1 Å². The minimum absolute atomic E-state index is 0.0597. The Hall–Kier alpha value is -1.89. The summed E-state index contributed by atoms with van der Waals surface area (Å²) >= 11 is 1.55. The molecular formula is C18H24N4O2S. The molecular weight excluding hydrogens is 336 g/mol. The van der Waals surface area contributed by atoms with E-state index in [9.17, 15) is 9.59 Å². The average Bonchev–Trinajstić information content (AvgIpc) is 3.17. The van der Waals surface area contributed by atoms with E-state index in [0.717, 1.165) is 56.1 Å². The van der Waals surface area contributed by atoms with Crippen molar-refractivity contribution in [2.75, 3.05) is 26.2 Å². The molecule has 4 heterocycles. The summed E-state index contributed by atoms with van der Waals surface area (Å²) in [5, 5.41) is 1.96. The fraction of sp³-hybridized carbons (Fsp3) is 0.611. The van der Waals surface area contributed by atoms with Crippen LogP contribution in [0.2, 0.25) is 0 Å². The van der Waals surface area contributed by atoms with Gasteiger partial charge in [-0.25, -0.2) is 4.98 Å². The number of rotatable bonds is 2. The fourth-order valence-electron chi connectivity index (χ4n) is 4.41. The van der Waals surface area contributed by atoms with Crippen LogP contribution >= 0.6 is 11.3 Å². The molecule has 2 aliphatic rings. The molecule has 134 valence electrons. The first-order valence-electron chi connectivity index (χ1n) is 9.02. The molecule has 0 unspecified atom stereocenters. The molecule has 4 rings (SSSR count). The number of thiazole rings is 1. The van der Waals surface area contributed by atoms with Crippen molar-refractivity contribution in [2.45, 2.75) is 39.5 Å². The van der Waals surface area contributed by atoms with E-state index in [2.05, 4.69) is 4.98 Å². The molecule has 0 radical (unpaired) electrons. The molecule has 1 atom stereocenters. The topological polar surface area (TPSA) is 57.9 Å². The van der Waals surface area contributed by atoms with E-state index in [1.54, 1.807) is 11.3 Å². The molecule has 1 spiro atoms. The van der Waals surface area contributed by atoms with Gasteiger partial charge < -0.3 is 9.80 Å². The van der Waals surface area contributed by atoms with Gasteiger partial charge in [-0.1, -0.05) is 0 Å². The van der Waals surface area contributed by atoms with Crippen molar-refractivity contribution in [1.82, 2.24) is 19.2 Å². The minimum atomic E-state index is 0.0597. The molecule has 7 heteroatoms. The van der Waals surface area contributed by atoms with Crippen LogP contribution in [-0.2, 0) is 4.79 Å². The smallest absolute Gasteiger partial charge is 0.272 e. The summed E-state index contributed by atoms with van der Waals surface area (Å²) in [4.78, 5) is 34.6. The van der Waals surface area contributed by atoms with E-state index in [0.29, 0.717) is 12.1 Å². The molecule has 2 aromatic heterocycles. The van der Waals surface area contributed by atoms with Crippen molar-refractivity contribution in [1.29, 1.82) is 0 Å². The van der Waals surface area contributed by atoms with Gasteiger partial charge in [0.25, 0.3) is 5.91 Å². The van der Waals surface area contributed by atoms with Crippen LogP contribution in [-0.4, -0.2) is 57.2 Å². The summed E-state index contributed by atoms with van der Waals surface area (Å²) < 4.78 is 1.91. The number of aryl methyl sites for hydroxylation is 1. The molecule has 0 aliphatic carbocycles. The molecule has 0 aromatic carbocycles. The second-order valence-corrected chi connectivity index (χ2v) is 8.21. The summed E-state index contributed by atoms with van der Waals surface area (Å²) in [6, 6.07) is 0. The highest BCUT2D eigenvalue weighted by Crippen LogP contribution is 2.39. The zero-order valence-corrected chi connectivity index (χ0v) is 15.6. The van der Waals surface area contributed by atoms with Gasteiger partial charge in [-0.2, -0.15) is 0 Å². The van der Waals surface area contributed by atoms with Crippen LogP contribution < -0.4 is 0 Å². The van der Waals surface area contributed by atoms with Crippen LogP contribution in [0.15, 0.2) is 11.6 Å². The molecule has 2 amide bonds. The Morgan fingerprint density at radius 1 is 1.36 bits per heavy atom. The van der Waals surface area contributed by atoms with Crippen LogP contribution in [0.1, 0.15) is 48.8 Å². The van der Waals surface area contributed by atoms with Crippen LogP contribution in [0.25, 0.3) is 4.96 Å². The van der Waals surface area contributed by atoms with Crippen LogP contribution in [0, 0.1) is 12.3 Å². The van der Waals surface area contributed by atoms with E-state index in [-0.39, 0.29) is 17.2 Å². The van der Waals surface area contributed by atoms with Crippen molar-refractivity contribution in [3.63, 3.8) is 0 Å². The molecule has 0 bridgehead atoms. The number of carbonyl (C=O) groups excluding carboxylic acids is 2. The number of nitrogens with zero attached hydrogens (tertiary/aromatic N) is 4. The van der Waals surface area contributed by atoms with E-state index < -0.39 is 0 Å². The van der Waals surface area contributed by atoms with E-state index in [1.807, 2.05) is 39.6 Å². The molecule has 2 saturated heterocycles. The number of piperidine rings is 2. The maximum Gasteiger partial charge on any atom is 0.272 e. The first-order chi connectivity index (χ1) is 12.0. The number of carbonyl (C=O) groups is 2. The number of amides is 2. The molecule has 25 heavy (non-hydrogen) atoms. The molecule has 6 nitrogen and oxygen atoms in total. The third kappa shape index (κ3) is 2.74. The fourth-order valence-corrected chi connectivity index (χ4v) is 5.17. The SMILES string of the molecule is CCN1C[C@]2(CCCN(C(=O)c3c(C)nc4sccn34)C2)CCC1=O. The Bertz CT molecular complexity index is 826. The van der Waals surface area contributed by atoms with Crippen molar-refractivity contribution in [2.24, 2.45) is 5.41 Å². The van der Waals surface area contributed by atoms with E-state index >= 15 is 0 Å². The maximum absolute atomic E-state index is 13.2. The van der Waals surface area contributed by atoms with Crippen LogP contribution in [0.4, 0.5) is 0 Å². The summed E-state index contributed by atoms with van der Waals surface area (Å²) in [5.74, 6) is 0.325. The molecule has 2 aliphatic heterocycles. The first-order valence-corrected chi connectivity index (χ1v) is 9.90. The predicted octanol–water partition coefficient (Wildman–Crippen LogP) is 2.57. The van der Waals surface area contributed by atoms with Gasteiger partial charge in [-0.3, -0.25) is 14.0 Å². The van der Waals surface area contributed by atoms with Gasteiger partial charge in [-0.05, 0) is 33.1 Å². The monoisotopic (exact) mass is 360 g/mol. The predicted molar refractivity (Wildman–Crippen MR) is 96.9 cm³/mol. The van der Waals surface area contributed by atoms with Crippen LogP contribution in [0.3, 0.4) is 0 Å². The lowest BCUT2D eigenvalue weighted by molar-refractivity contribution is -0.138. The van der Waals surface area contributed by atoms with Gasteiger partial charge in [-0.15, -0.1) is 11.3 Å². The number of likely N-dealkylation sites (tertiary alicyclic amines) is 2. The first kappa shape index (κ1) is 16.6. The number of fused-ring (bicyclic) bond motifs is 1. The third-order valence-electron chi connectivity index (χ3n) is 5.72. The number of imidazole rings is 1.